The van der Waals surface area contributed by atoms with E-state index < -0.39 is 0 Å². The minimum Gasteiger partial charge on any atom is -0.409 e. The van der Waals surface area contributed by atoms with Gasteiger partial charge in [-0.1, -0.05) is 6.92 Å². The van der Waals surface area contributed by atoms with Crippen molar-refractivity contribution in [3.8, 4) is 0 Å². The predicted molar refractivity (Wildman–Crippen MR) is 53.3 cm³/mol. The van der Waals surface area contributed by atoms with Crippen LogP contribution in [0.2, 0.25) is 6.32 Å². The summed E-state index contributed by atoms with van der Waals surface area (Å²) in [7, 11) is -0.0648. The summed E-state index contributed by atoms with van der Waals surface area (Å²) in [6.45, 7) is 12.2. The van der Waals surface area contributed by atoms with Gasteiger partial charge < -0.3 is 9.31 Å². The highest BCUT2D eigenvalue weighted by Crippen LogP contribution is 2.12. The van der Waals surface area contributed by atoms with E-state index in [9.17, 15) is 0 Å². The van der Waals surface area contributed by atoms with Crippen molar-refractivity contribution in [1.82, 2.24) is 0 Å². The topological polar surface area (TPSA) is 18.5 Å². The molecule has 0 aliphatic rings. The first-order chi connectivity index (χ1) is 5.35. The Labute approximate surface area is 76.8 Å². The lowest BCUT2D eigenvalue weighted by Crippen LogP contribution is -2.34. The van der Waals surface area contributed by atoms with Crippen molar-refractivity contribution >= 4 is 7.12 Å². The fraction of sp³-hybridized carbons (Fsp3) is 1.00. The Morgan fingerprint density at radius 2 is 1.75 bits per heavy atom. The lowest BCUT2D eigenvalue weighted by atomic mass is 9.84. The largest absolute Gasteiger partial charge is 0.457 e. The second-order valence-corrected chi connectivity index (χ2v) is 4.25. The van der Waals surface area contributed by atoms with Crippen molar-refractivity contribution in [3.63, 3.8) is 0 Å². The average molecular weight is 172 g/mol. The average Bonchev–Trinajstić information content (AvgIpc) is 1.82. The molecule has 0 aliphatic carbocycles. The molecule has 0 aromatic rings. The predicted octanol–water partition coefficient (Wildman–Crippen LogP) is 2.73. The van der Waals surface area contributed by atoms with Gasteiger partial charge in [-0.25, -0.2) is 0 Å². The summed E-state index contributed by atoms with van der Waals surface area (Å²) in [4.78, 5) is 0. The molecule has 12 heavy (non-hydrogen) atoms. The first-order valence-corrected chi connectivity index (χ1v) is 4.68. The van der Waals surface area contributed by atoms with Crippen molar-refractivity contribution < 1.29 is 9.31 Å². The minimum absolute atomic E-state index is 0.0648. The van der Waals surface area contributed by atoms with Gasteiger partial charge in [0.15, 0.2) is 0 Å². The van der Waals surface area contributed by atoms with Gasteiger partial charge in [-0.3, -0.25) is 0 Å². The Kier molecular flexibility index (Phi) is 4.87. The van der Waals surface area contributed by atoms with Gasteiger partial charge in [0.05, 0.1) is 0 Å². The lowest BCUT2D eigenvalue weighted by Gasteiger charge is -2.25. The Bertz CT molecular complexity index is 118. The van der Waals surface area contributed by atoms with Gasteiger partial charge >= 0.3 is 7.12 Å². The quantitative estimate of drug-likeness (QED) is 0.607. The maximum absolute atomic E-state index is 5.68. The standard InChI is InChI=1S/C9H21BO2/c1-7-10(11-8(2)3)12-9(4,5)6/h8H,7H2,1-6H3. The summed E-state index contributed by atoms with van der Waals surface area (Å²) < 4.78 is 11.2. The van der Waals surface area contributed by atoms with Crippen molar-refractivity contribution in [2.75, 3.05) is 0 Å². The second kappa shape index (κ2) is 4.88. The van der Waals surface area contributed by atoms with Crippen molar-refractivity contribution in [2.24, 2.45) is 0 Å². The Morgan fingerprint density at radius 3 is 2.00 bits per heavy atom. The molecule has 72 valence electrons. The molecule has 0 spiro atoms. The Hall–Kier alpha value is -0.0151. The van der Waals surface area contributed by atoms with E-state index in [-0.39, 0.29) is 18.8 Å². The van der Waals surface area contributed by atoms with E-state index in [4.69, 9.17) is 9.31 Å². The van der Waals surface area contributed by atoms with E-state index in [0.29, 0.717) is 0 Å². The van der Waals surface area contributed by atoms with Crippen LogP contribution in [-0.4, -0.2) is 18.8 Å². The summed E-state index contributed by atoms with van der Waals surface area (Å²) in [5, 5.41) is 0. The third-order valence-electron chi connectivity index (χ3n) is 1.24. The molecule has 0 bridgehead atoms. The molecule has 0 atom stereocenters. The van der Waals surface area contributed by atoms with Gasteiger partial charge in [-0.2, -0.15) is 0 Å². The molecule has 0 amide bonds. The van der Waals surface area contributed by atoms with Gasteiger partial charge in [-0.05, 0) is 40.9 Å². The molecule has 0 saturated carbocycles. The van der Waals surface area contributed by atoms with E-state index in [1.807, 2.05) is 34.6 Å². The fourth-order valence-electron chi connectivity index (χ4n) is 0.905. The number of hydrogen-bond acceptors (Lipinski definition) is 2. The minimum atomic E-state index is -0.116. The molecule has 0 saturated heterocycles. The van der Waals surface area contributed by atoms with E-state index >= 15 is 0 Å². The normalized spacial score (nSPS) is 12.2. The molecule has 0 aromatic carbocycles. The van der Waals surface area contributed by atoms with E-state index in [2.05, 4.69) is 6.92 Å². The third kappa shape index (κ3) is 6.68. The zero-order chi connectivity index (χ0) is 9.78. The molecule has 0 heterocycles. The summed E-state index contributed by atoms with van der Waals surface area (Å²) in [5.41, 5.74) is -0.116. The number of rotatable bonds is 4. The van der Waals surface area contributed by atoms with Crippen LogP contribution in [0.5, 0.6) is 0 Å². The molecule has 0 aromatic heterocycles. The Balaban J connectivity index is 3.83. The van der Waals surface area contributed by atoms with Gasteiger partial charge in [0.25, 0.3) is 0 Å². The van der Waals surface area contributed by atoms with Crippen molar-refractivity contribution in [2.45, 2.75) is 59.6 Å². The summed E-state index contributed by atoms with van der Waals surface area (Å²) in [6.07, 6.45) is 1.13. The van der Waals surface area contributed by atoms with Crippen LogP contribution in [0.1, 0.15) is 41.5 Å². The smallest absolute Gasteiger partial charge is 0.409 e. The molecule has 0 N–H and O–H groups in total. The maximum atomic E-state index is 5.68. The fourth-order valence-corrected chi connectivity index (χ4v) is 0.905. The molecular weight excluding hydrogens is 151 g/mol. The zero-order valence-corrected chi connectivity index (χ0v) is 9.18. The van der Waals surface area contributed by atoms with Crippen LogP contribution >= 0.6 is 0 Å². The van der Waals surface area contributed by atoms with E-state index in [0.717, 1.165) is 6.32 Å². The third-order valence-corrected chi connectivity index (χ3v) is 1.24. The number of hydrogen-bond donors (Lipinski definition) is 0. The summed E-state index contributed by atoms with van der Waals surface area (Å²) in [6, 6.07) is 0. The molecular formula is C9H21BO2. The molecule has 2 nitrogen and oxygen atoms in total. The van der Waals surface area contributed by atoms with Crippen LogP contribution in [0.4, 0.5) is 0 Å². The van der Waals surface area contributed by atoms with Gasteiger partial charge in [-0.15, -0.1) is 0 Å². The highest BCUT2D eigenvalue weighted by atomic mass is 16.6. The Morgan fingerprint density at radius 1 is 1.25 bits per heavy atom. The first-order valence-electron chi connectivity index (χ1n) is 4.68. The van der Waals surface area contributed by atoms with Gasteiger partial charge in [0, 0.05) is 11.7 Å². The SMILES string of the molecule is CCB(OC(C)C)OC(C)(C)C. The molecule has 3 heteroatoms. The van der Waals surface area contributed by atoms with Crippen LogP contribution in [0.15, 0.2) is 0 Å². The molecule has 0 radical (unpaired) electrons. The maximum Gasteiger partial charge on any atom is 0.457 e. The monoisotopic (exact) mass is 172 g/mol. The summed E-state index contributed by atoms with van der Waals surface area (Å²) >= 11 is 0. The zero-order valence-electron chi connectivity index (χ0n) is 9.18. The summed E-state index contributed by atoms with van der Waals surface area (Å²) in [5.74, 6) is 0. The van der Waals surface area contributed by atoms with Crippen LogP contribution in [0, 0.1) is 0 Å². The van der Waals surface area contributed by atoms with Crippen LogP contribution in [0.25, 0.3) is 0 Å². The van der Waals surface area contributed by atoms with E-state index in [1.165, 1.54) is 0 Å². The van der Waals surface area contributed by atoms with Gasteiger partial charge in [0.2, 0.25) is 0 Å². The lowest BCUT2D eigenvalue weighted by molar-refractivity contribution is 0.0690. The van der Waals surface area contributed by atoms with E-state index in [1.54, 1.807) is 0 Å². The molecule has 0 rings (SSSR count). The highest BCUT2D eigenvalue weighted by Gasteiger charge is 2.23. The van der Waals surface area contributed by atoms with Crippen molar-refractivity contribution in [1.29, 1.82) is 0 Å². The molecule has 0 unspecified atom stereocenters. The van der Waals surface area contributed by atoms with Crippen molar-refractivity contribution in [3.05, 3.63) is 0 Å². The first kappa shape index (κ1) is 12.0. The molecule has 0 aliphatic heterocycles. The van der Waals surface area contributed by atoms with Gasteiger partial charge in [0.1, 0.15) is 0 Å². The van der Waals surface area contributed by atoms with Crippen LogP contribution in [0.3, 0.4) is 0 Å². The second-order valence-electron chi connectivity index (χ2n) is 4.25. The molecule has 0 fully saturated rings. The van der Waals surface area contributed by atoms with Crippen LogP contribution in [-0.2, 0) is 9.31 Å². The highest BCUT2D eigenvalue weighted by molar-refractivity contribution is 6.44. The van der Waals surface area contributed by atoms with Crippen LogP contribution < -0.4 is 0 Å².